The van der Waals surface area contributed by atoms with E-state index in [-0.39, 0.29) is 5.56 Å². The second-order valence-electron chi connectivity index (χ2n) is 12.4. The molecular weight excluding hydrogens is 571 g/mol. The average Bonchev–Trinajstić information content (AvgIpc) is 3.00. The molecule has 1 aliphatic rings. The molecule has 7 heteroatoms. The van der Waals surface area contributed by atoms with Gasteiger partial charge < -0.3 is 5.11 Å². The third kappa shape index (κ3) is 8.70. The van der Waals surface area contributed by atoms with E-state index in [4.69, 9.17) is 0 Å². The molecule has 238 valence electrons. The molecule has 0 aromatic heterocycles. The van der Waals surface area contributed by atoms with E-state index in [0.29, 0.717) is 23.6 Å². The number of halogens is 5. The number of aryl methyl sites for hydroxylation is 1. The van der Waals surface area contributed by atoms with Crippen LogP contribution in [-0.2, 0) is 6.42 Å². The Labute approximate surface area is 257 Å². The molecule has 0 aliphatic heterocycles. The minimum absolute atomic E-state index is 0.0863. The van der Waals surface area contributed by atoms with Gasteiger partial charge >= 0.3 is 5.97 Å². The standard InChI is InChI=1S/C37H43F5O2/c1-2-3-4-5-6-7-8-9-10-24-11-13-25(14-12-24)15-16-26-17-19-27(20-18-26)29-23-30(38)34(37(43)44)36(42)33(29)28-21-31(39)35(41)32(40)22-28/h17-25H,2-16H2,1H3,(H,43,44). The maximum Gasteiger partial charge on any atom is 0.341 e. The molecule has 0 heterocycles. The van der Waals surface area contributed by atoms with Crippen LogP contribution < -0.4 is 0 Å². The zero-order valence-electron chi connectivity index (χ0n) is 25.5. The van der Waals surface area contributed by atoms with Crippen LogP contribution in [0.4, 0.5) is 22.0 Å². The number of carboxylic acid groups (broad SMARTS) is 1. The van der Waals surface area contributed by atoms with Gasteiger partial charge in [-0.1, -0.05) is 115 Å². The van der Waals surface area contributed by atoms with Gasteiger partial charge in [-0.3, -0.25) is 0 Å². The second kappa shape index (κ2) is 16.2. The summed E-state index contributed by atoms with van der Waals surface area (Å²) in [7, 11) is 0. The molecule has 0 radical (unpaired) electrons. The van der Waals surface area contributed by atoms with Crippen LogP contribution in [0.1, 0.15) is 113 Å². The number of aromatic carboxylic acids is 1. The van der Waals surface area contributed by atoms with Crippen molar-refractivity contribution in [2.45, 2.75) is 103 Å². The highest BCUT2D eigenvalue weighted by Gasteiger charge is 2.27. The van der Waals surface area contributed by atoms with Crippen molar-refractivity contribution < 1.29 is 31.9 Å². The lowest BCUT2D eigenvalue weighted by molar-refractivity contribution is 0.0686. The van der Waals surface area contributed by atoms with E-state index in [1.165, 1.54) is 83.5 Å². The third-order valence-electron chi connectivity index (χ3n) is 9.24. The molecule has 44 heavy (non-hydrogen) atoms. The Hall–Kier alpha value is -3.22. The minimum Gasteiger partial charge on any atom is -0.477 e. The lowest BCUT2D eigenvalue weighted by Gasteiger charge is -2.28. The predicted octanol–water partition coefficient (Wildman–Crippen LogP) is 11.7. The smallest absolute Gasteiger partial charge is 0.341 e. The molecule has 0 amide bonds. The zero-order valence-corrected chi connectivity index (χ0v) is 25.5. The first-order valence-corrected chi connectivity index (χ1v) is 16.2. The quantitative estimate of drug-likeness (QED) is 0.105. The van der Waals surface area contributed by atoms with Gasteiger partial charge in [0.2, 0.25) is 0 Å². The number of hydrogen-bond donors (Lipinski definition) is 1. The van der Waals surface area contributed by atoms with Gasteiger partial charge in [0, 0.05) is 5.56 Å². The maximum absolute atomic E-state index is 15.4. The fourth-order valence-electron chi connectivity index (χ4n) is 6.62. The highest BCUT2D eigenvalue weighted by atomic mass is 19.2. The first kappa shape index (κ1) is 33.7. The molecule has 0 spiro atoms. The van der Waals surface area contributed by atoms with Crippen LogP contribution in [0.3, 0.4) is 0 Å². The summed E-state index contributed by atoms with van der Waals surface area (Å²) in [6.07, 6.45) is 19.1. The van der Waals surface area contributed by atoms with Gasteiger partial charge in [-0.05, 0) is 65.1 Å². The van der Waals surface area contributed by atoms with Crippen LogP contribution in [-0.4, -0.2) is 11.1 Å². The van der Waals surface area contributed by atoms with Crippen LogP contribution in [0.15, 0.2) is 42.5 Å². The molecule has 1 aliphatic carbocycles. The van der Waals surface area contributed by atoms with E-state index in [0.717, 1.165) is 30.4 Å². The number of benzene rings is 3. The normalized spacial score (nSPS) is 16.8. The van der Waals surface area contributed by atoms with E-state index in [1.54, 1.807) is 12.1 Å². The van der Waals surface area contributed by atoms with Crippen LogP contribution in [0, 0.1) is 40.9 Å². The SMILES string of the molecule is CCCCCCCCCCC1CCC(CCc2ccc(-c3cc(F)c(C(=O)O)c(F)c3-c3cc(F)c(F)c(F)c3)cc2)CC1. The van der Waals surface area contributed by atoms with Crippen LogP contribution in [0.5, 0.6) is 0 Å². The van der Waals surface area contributed by atoms with Gasteiger partial charge in [0.15, 0.2) is 17.5 Å². The second-order valence-corrected chi connectivity index (χ2v) is 12.4. The summed E-state index contributed by atoms with van der Waals surface area (Å²) in [6, 6.07) is 8.99. The fraction of sp³-hybridized carbons (Fsp3) is 0.486. The topological polar surface area (TPSA) is 37.3 Å². The Morgan fingerprint density at radius 1 is 0.682 bits per heavy atom. The maximum atomic E-state index is 15.4. The van der Waals surface area contributed by atoms with Crippen molar-refractivity contribution in [3.63, 3.8) is 0 Å². The van der Waals surface area contributed by atoms with Crippen LogP contribution in [0.25, 0.3) is 22.3 Å². The molecule has 3 aromatic rings. The first-order chi connectivity index (χ1) is 21.2. The molecule has 1 N–H and O–H groups in total. The number of carbonyl (C=O) groups is 1. The Morgan fingerprint density at radius 2 is 1.23 bits per heavy atom. The van der Waals surface area contributed by atoms with Crippen molar-refractivity contribution in [2.24, 2.45) is 11.8 Å². The average molecular weight is 615 g/mol. The van der Waals surface area contributed by atoms with Crippen molar-refractivity contribution in [1.82, 2.24) is 0 Å². The molecular formula is C37H43F5O2. The van der Waals surface area contributed by atoms with Gasteiger partial charge in [0.25, 0.3) is 0 Å². The molecule has 0 unspecified atom stereocenters. The summed E-state index contributed by atoms with van der Waals surface area (Å²) in [4.78, 5) is 11.5. The van der Waals surface area contributed by atoms with Crippen LogP contribution >= 0.6 is 0 Å². The van der Waals surface area contributed by atoms with Crippen molar-refractivity contribution in [2.75, 3.05) is 0 Å². The minimum atomic E-state index is -1.87. The molecule has 4 rings (SSSR count). The highest BCUT2D eigenvalue weighted by molar-refractivity contribution is 5.94. The van der Waals surface area contributed by atoms with Gasteiger partial charge in [-0.15, -0.1) is 0 Å². The lowest BCUT2D eigenvalue weighted by atomic mass is 9.77. The molecule has 0 bridgehead atoms. The molecule has 0 saturated heterocycles. The number of carboxylic acids is 1. The summed E-state index contributed by atoms with van der Waals surface area (Å²) in [6.45, 7) is 2.25. The fourth-order valence-corrected chi connectivity index (χ4v) is 6.62. The predicted molar refractivity (Wildman–Crippen MR) is 165 cm³/mol. The Morgan fingerprint density at radius 3 is 1.80 bits per heavy atom. The summed E-state index contributed by atoms with van der Waals surface area (Å²) in [5.74, 6) is -8.03. The van der Waals surface area contributed by atoms with Gasteiger partial charge in [0.1, 0.15) is 17.2 Å². The molecule has 0 atom stereocenters. The summed E-state index contributed by atoms with van der Waals surface area (Å²) in [5, 5.41) is 9.35. The van der Waals surface area contributed by atoms with E-state index >= 15 is 4.39 Å². The first-order valence-electron chi connectivity index (χ1n) is 16.2. The Balaban J connectivity index is 1.36. The molecule has 2 nitrogen and oxygen atoms in total. The molecule has 3 aromatic carbocycles. The van der Waals surface area contributed by atoms with E-state index in [9.17, 15) is 27.5 Å². The third-order valence-corrected chi connectivity index (χ3v) is 9.24. The van der Waals surface area contributed by atoms with Gasteiger partial charge in [-0.2, -0.15) is 0 Å². The van der Waals surface area contributed by atoms with Crippen molar-refractivity contribution in [3.8, 4) is 22.3 Å². The number of hydrogen-bond acceptors (Lipinski definition) is 1. The van der Waals surface area contributed by atoms with E-state index in [2.05, 4.69) is 6.92 Å². The summed E-state index contributed by atoms with van der Waals surface area (Å²) >= 11 is 0. The number of unbranched alkanes of at least 4 members (excludes halogenated alkanes) is 7. The summed E-state index contributed by atoms with van der Waals surface area (Å²) < 4.78 is 71.8. The molecule has 1 saturated carbocycles. The van der Waals surface area contributed by atoms with Gasteiger partial charge in [0.05, 0.1) is 0 Å². The van der Waals surface area contributed by atoms with Crippen molar-refractivity contribution in [1.29, 1.82) is 0 Å². The highest BCUT2D eigenvalue weighted by Crippen LogP contribution is 2.39. The van der Waals surface area contributed by atoms with E-state index in [1.807, 2.05) is 12.1 Å². The lowest BCUT2D eigenvalue weighted by Crippen LogP contribution is -2.15. The van der Waals surface area contributed by atoms with Crippen molar-refractivity contribution in [3.05, 3.63) is 82.7 Å². The van der Waals surface area contributed by atoms with E-state index < -0.39 is 51.7 Å². The Bertz CT molecular complexity index is 1370. The zero-order chi connectivity index (χ0) is 31.6. The number of rotatable bonds is 15. The Kier molecular flexibility index (Phi) is 12.4. The monoisotopic (exact) mass is 614 g/mol. The summed E-state index contributed by atoms with van der Waals surface area (Å²) in [5.41, 5.74) is -0.894. The van der Waals surface area contributed by atoms with Crippen molar-refractivity contribution >= 4 is 5.97 Å². The van der Waals surface area contributed by atoms with Crippen LogP contribution in [0.2, 0.25) is 0 Å². The van der Waals surface area contributed by atoms with Gasteiger partial charge in [-0.25, -0.2) is 26.7 Å². The largest absolute Gasteiger partial charge is 0.477 e. The molecule has 1 fully saturated rings.